The summed E-state index contributed by atoms with van der Waals surface area (Å²) in [5, 5.41) is 10.9. The second-order valence-electron chi connectivity index (χ2n) is 4.46. The lowest BCUT2D eigenvalue weighted by Crippen LogP contribution is -2.03. The molecule has 0 atom stereocenters. The predicted octanol–water partition coefficient (Wildman–Crippen LogP) is 2.84. The van der Waals surface area contributed by atoms with E-state index in [2.05, 4.69) is 30.5 Å². The summed E-state index contributed by atoms with van der Waals surface area (Å²) in [6.45, 7) is 2.37. The molecule has 0 unspecified atom stereocenters. The fourth-order valence-corrected chi connectivity index (χ4v) is 1.93. The number of aryl methyl sites for hydroxylation is 1. The second kappa shape index (κ2) is 5.88. The minimum atomic E-state index is 0.506. The Bertz CT molecular complexity index is 740. The zero-order valence-electron chi connectivity index (χ0n) is 11.3. The Balaban J connectivity index is 1.69. The van der Waals surface area contributed by atoms with Crippen molar-refractivity contribution in [2.24, 2.45) is 0 Å². The Morgan fingerprint density at radius 3 is 2.71 bits per heavy atom. The van der Waals surface area contributed by atoms with E-state index in [1.54, 1.807) is 12.4 Å². The molecule has 0 saturated heterocycles. The van der Waals surface area contributed by atoms with Gasteiger partial charge in [-0.25, -0.2) is 9.97 Å². The number of aromatic amines is 1. The topological polar surface area (TPSA) is 79.4 Å². The molecule has 3 heterocycles. The maximum atomic E-state index is 5.95. The number of hydrogen-bond acceptors (Lipinski definition) is 5. The van der Waals surface area contributed by atoms with E-state index in [4.69, 9.17) is 11.6 Å². The summed E-state index contributed by atoms with van der Waals surface area (Å²) < 4.78 is 0. The van der Waals surface area contributed by atoms with Crippen LogP contribution in [0.5, 0.6) is 0 Å². The maximum absolute atomic E-state index is 5.95. The summed E-state index contributed by atoms with van der Waals surface area (Å²) in [5.74, 6) is 2.13. The summed E-state index contributed by atoms with van der Waals surface area (Å²) in [6.07, 6.45) is 3.42. The minimum absolute atomic E-state index is 0.506. The van der Waals surface area contributed by atoms with Crippen molar-refractivity contribution < 1.29 is 0 Å². The monoisotopic (exact) mass is 300 g/mol. The highest BCUT2D eigenvalue weighted by Crippen LogP contribution is 2.16. The molecule has 3 aromatic heterocycles. The van der Waals surface area contributed by atoms with Gasteiger partial charge in [-0.1, -0.05) is 11.6 Å². The third kappa shape index (κ3) is 3.17. The van der Waals surface area contributed by atoms with Crippen LogP contribution in [0.3, 0.4) is 0 Å². The van der Waals surface area contributed by atoms with Gasteiger partial charge in [-0.05, 0) is 31.2 Å². The minimum Gasteiger partial charge on any atom is -0.363 e. The van der Waals surface area contributed by atoms with Gasteiger partial charge < -0.3 is 5.32 Å². The Morgan fingerprint density at radius 2 is 1.95 bits per heavy atom. The largest absolute Gasteiger partial charge is 0.363 e. The van der Waals surface area contributed by atoms with Crippen molar-refractivity contribution in [2.45, 2.75) is 13.5 Å². The number of anilines is 1. The average Bonchev–Trinajstić information content (AvgIpc) is 2.98. The first-order valence-corrected chi connectivity index (χ1v) is 6.79. The third-order valence-electron chi connectivity index (χ3n) is 2.93. The van der Waals surface area contributed by atoms with Crippen LogP contribution in [-0.4, -0.2) is 25.1 Å². The van der Waals surface area contributed by atoms with E-state index in [-0.39, 0.29) is 0 Å². The normalized spacial score (nSPS) is 10.6. The lowest BCUT2D eigenvalue weighted by atomic mass is 10.2. The first-order valence-electron chi connectivity index (χ1n) is 6.41. The molecule has 0 aliphatic carbocycles. The molecule has 0 saturated carbocycles. The number of halogens is 1. The van der Waals surface area contributed by atoms with Gasteiger partial charge in [-0.2, -0.15) is 5.10 Å². The van der Waals surface area contributed by atoms with E-state index in [0.29, 0.717) is 17.4 Å². The van der Waals surface area contributed by atoms with Crippen molar-refractivity contribution in [3.63, 3.8) is 0 Å². The zero-order valence-corrected chi connectivity index (χ0v) is 12.1. The number of rotatable bonds is 4. The van der Waals surface area contributed by atoms with Gasteiger partial charge in [0.25, 0.3) is 0 Å². The van der Waals surface area contributed by atoms with E-state index in [1.165, 1.54) is 0 Å². The fraction of sp³-hybridized carbons (Fsp3) is 0.143. The summed E-state index contributed by atoms with van der Waals surface area (Å²) >= 11 is 5.95. The molecule has 0 aliphatic rings. The average molecular weight is 301 g/mol. The molecule has 2 N–H and O–H groups in total. The lowest BCUT2D eigenvalue weighted by Gasteiger charge is -2.04. The van der Waals surface area contributed by atoms with E-state index < -0.39 is 0 Å². The molecule has 0 aromatic carbocycles. The molecule has 0 fully saturated rings. The molecule has 0 bridgehead atoms. The highest BCUT2D eigenvalue weighted by atomic mass is 35.5. The van der Waals surface area contributed by atoms with Crippen molar-refractivity contribution in [2.75, 3.05) is 5.32 Å². The quantitative estimate of drug-likeness (QED) is 0.774. The molecular formula is C14H13ClN6. The summed E-state index contributed by atoms with van der Waals surface area (Å²) in [5.41, 5.74) is 1.71. The molecule has 3 rings (SSSR count). The maximum Gasteiger partial charge on any atom is 0.181 e. The SMILES string of the molecule is Cc1nc(NCc2nc(-c3ccncc3)n[nH]2)ccc1Cl. The van der Waals surface area contributed by atoms with E-state index in [1.807, 2.05) is 31.2 Å². The second-order valence-corrected chi connectivity index (χ2v) is 4.87. The van der Waals surface area contributed by atoms with Gasteiger partial charge in [0, 0.05) is 18.0 Å². The van der Waals surface area contributed by atoms with Crippen LogP contribution in [0.2, 0.25) is 5.02 Å². The van der Waals surface area contributed by atoms with Crippen molar-refractivity contribution in [1.82, 2.24) is 25.1 Å². The van der Waals surface area contributed by atoms with Crippen LogP contribution in [-0.2, 0) is 6.54 Å². The summed E-state index contributed by atoms with van der Waals surface area (Å²) in [6, 6.07) is 7.37. The Hall–Kier alpha value is -2.47. The van der Waals surface area contributed by atoms with Crippen molar-refractivity contribution in [3.05, 3.63) is 53.2 Å². The van der Waals surface area contributed by atoms with E-state index in [0.717, 1.165) is 22.9 Å². The number of nitrogens with one attached hydrogen (secondary N) is 2. The molecule has 3 aromatic rings. The van der Waals surface area contributed by atoms with Gasteiger partial charge in [0.15, 0.2) is 5.82 Å². The first-order chi connectivity index (χ1) is 10.2. The van der Waals surface area contributed by atoms with Crippen LogP contribution in [0, 0.1) is 6.92 Å². The van der Waals surface area contributed by atoms with Crippen LogP contribution in [0.15, 0.2) is 36.7 Å². The Kier molecular flexibility index (Phi) is 3.79. The molecule has 21 heavy (non-hydrogen) atoms. The van der Waals surface area contributed by atoms with Crippen LogP contribution in [0.1, 0.15) is 11.5 Å². The predicted molar refractivity (Wildman–Crippen MR) is 80.9 cm³/mol. The van der Waals surface area contributed by atoms with Gasteiger partial charge in [-0.15, -0.1) is 0 Å². The Morgan fingerprint density at radius 1 is 1.14 bits per heavy atom. The van der Waals surface area contributed by atoms with Crippen LogP contribution in [0.25, 0.3) is 11.4 Å². The molecule has 0 aliphatic heterocycles. The summed E-state index contributed by atoms with van der Waals surface area (Å²) in [4.78, 5) is 12.7. The smallest absolute Gasteiger partial charge is 0.181 e. The molecule has 7 heteroatoms. The van der Waals surface area contributed by atoms with Crippen LogP contribution in [0.4, 0.5) is 5.82 Å². The van der Waals surface area contributed by atoms with Gasteiger partial charge in [0.05, 0.1) is 17.3 Å². The zero-order chi connectivity index (χ0) is 14.7. The fourth-order valence-electron chi connectivity index (χ4n) is 1.82. The molecule has 6 nitrogen and oxygen atoms in total. The molecule has 0 radical (unpaired) electrons. The molecule has 0 spiro atoms. The van der Waals surface area contributed by atoms with Gasteiger partial charge in [0.1, 0.15) is 11.6 Å². The third-order valence-corrected chi connectivity index (χ3v) is 3.33. The standard InChI is InChI=1S/C14H13ClN6/c1-9-11(15)2-3-12(18-9)17-8-13-19-14(21-20-13)10-4-6-16-7-5-10/h2-7H,8H2,1H3,(H,17,18)(H,19,20,21). The van der Waals surface area contributed by atoms with Crippen molar-refractivity contribution >= 4 is 17.4 Å². The molecule has 106 valence electrons. The number of pyridine rings is 2. The summed E-state index contributed by atoms with van der Waals surface area (Å²) in [7, 11) is 0. The van der Waals surface area contributed by atoms with Gasteiger partial charge >= 0.3 is 0 Å². The van der Waals surface area contributed by atoms with Crippen LogP contribution < -0.4 is 5.32 Å². The number of nitrogens with zero attached hydrogens (tertiary/aromatic N) is 4. The first kappa shape index (κ1) is 13.5. The van der Waals surface area contributed by atoms with Crippen molar-refractivity contribution in [1.29, 1.82) is 0 Å². The highest BCUT2D eigenvalue weighted by Gasteiger charge is 2.06. The van der Waals surface area contributed by atoms with Gasteiger partial charge in [-0.3, -0.25) is 10.1 Å². The van der Waals surface area contributed by atoms with Gasteiger partial charge in [0.2, 0.25) is 0 Å². The lowest BCUT2D eigenvalue weighted by molar-refractivity contribution is 0.945. The Labute approximate surface area is 126 Å². The van der Waals surface area contributed by atoms with Crippen LogP contribution >= 0.6 is 11.6 Å². The van der Waals surface area contributed by atoms with E-state index >= 15 is 0 Å². The number of H-pyrrole nitrogens is 1. The molecular weight excluding hydrogens is 288 g/mol. The number of hydrogen-bond donors (Lipinski definition) is 2. The number of aromatic nitrogens is 5. The van der Waals surface area contributed by atoms with Crippen molar-refractivity contribution in [3.8, 4) is 11.4 Å². The van der Waals surface area contributed by atoms with E-state index in [9.17, 15) is 0 Å². The highest BCUT2D eigenvalue weighted by molar-refractivity contribution is 6.31. The molecule has 0 amide bonds.